The molecule has 0 heterocycles. The molecule has 0 atom stereocenters. The van der Waals surface area contributed by atoms with E-state index < -0.39 is 18.5 Å². The van der Waals surface area contributed by atoms with Crippen molar-refractivity contribution in [3.05, 3.63) is 0 Å². The molecule has 0 aliphatic rings. The second kappa shape index (κ2) is 6.92. The van der Waals surface area contributed by atoms with Crippen molar-refractivity contribution in [2.75, 3.05) is 0 Å². The van der Waals surface area contributed by atoms with Gasteiger partial charge in [0.25, 0.3) is 0 Å². The molecule has 0 aromatic carbocycles. The summed E-state index contributed by atoms with van der Waals surface area (Å²) in [5, 5.41) is 29.0. The first-order valence-corrected chi connectivity index (χ1v) is 2.08. The Morgan fingerprint density at radius 2 is 0.917 bits per heavy atom. The highest BCUT2D eigenvalue weighted by molar-refractivity contribution is 5.60. The number of hydrogen-bond donors (Lipinski definition) is 4. The van der Waals surface area contributed by atoms with Crippen molar-refractivity contribution < 1.29 is 44.6 Å². The van der Waals surface area contributed by atoms with Gasteiger partial charge >= 0.3 is 18.5 Å². The van der Waals surface area contributed by atoms with Gasteiger partial charge in [0.1, 0.15) is 0 Å². The van der Waals surface area contributed by atoms with Crippen molar-refractivity contribution in [2.24, 2.45) is 0 Å². The van der Waals surface area contributed by atoms with E-state index in [1.54, 1.807) is 0 Å². The molecule has 0 unspecified atom stereocenters. The van der Waals surface area contributed by atoms with Crippen LogP contribution in [-0.4, -0.2) is 38.9 Å². The minimum absolute atomic E-state index is 1.80. The van der Waals surface area contributed by atoms with Crippen molar-refractivity contribution in [3.63, 3.8) is 0 Å². The third-order valence-electron chi connectivity index (χ3n) is 0.184. The first-order chi connectivity index (χ1) is 5.36. The lowest BCUT2D eigenvalue weighted by atomic mass is 11.4. The van der Waals surface area contributed by atoms with Gasteiger partial charge < -0.3 is 20.4 Å². The van der Waals surface area contributed by atoms with Crippen LogP contribution in [0, 0.1) is 0 Å². The molecule has 0 amide bonds. The van der Waals surface area contributed by atoms with Crippen LogP contribution >= 0.6 is 0 Å². The van der Waals surface area contributed by atoms with E-state index in [1.165, 1.54) is 0 Å². The maximum atomic E-state index is 9.29. The highest BCUT2D eigenvalue weighted by atomic mass is 17.2. The first kappa shape index (κ1) is 12.5. The summed E-state index contributed by atoms with van der Waals surface area (Å²) < 4.78 is 0. The van der Waals surface area contributed by atoms with E-state index in [9.17, 15) is 9.59 Å². The Labute approximate surface area is 64.3 Å². The maximum Gasteiger partial charge on any atom is 0.547 e. The molecule has 4 N–H and O–H groups in total. The summed E-state index contributed by atoms with van der Waals surface area (Å²) in [5.41, 5.74) is 0. The van der Waals surface area contributed by atoms with Crippen LogP contribution in [0.25, 0.3) is 0 Å². The Morgan fingerprint density at radius 3 is 1.00 bits per heavy atom. The minimum atomic E-state index is -1.83. The number of rotatable bonds is 0. The molecule has 0 radical (unpaired) electrons. The summed E-state index contributed by atoms with van der Waals surface area (Å²) in [7, 11) is 0. The molecule has 0 aliphatic carbocycles. The lowest BCUT2D eigenvalue weighted by molar-refractivity contribution is -0.208. The normalized spacial score (nSPS) is 7.00. The third-order valence-corrected chi connectivity index (χ3v) is 0.184. The molecule has 0 saturated carbocycles. The molecular formula is C3H4O9. The van der Waals surface area contributed by atoms with Gasteiger partial charge in [-0.1, -0.05) is 0 Å². The average Bonchev–Trinajstić information content (AvgIpc) is 1.82. The number of hydrogen-bond acceptors (Lipinski definition) is 5. The Hall–Kier alpha value is -2.19. The molecule has 0 saturated heterocycles. The van der Waals surface area contributed by atoms with E-state index in [-0.39, 0.29) is 0 Å². The third kappa shape index (κ3) is 45.9. The van der Waals surface area contributed by atoms with Gasteiger partial charge in [0.2, 0.25) is 0 Å². The lowest BCUT2D eigenvalue weighted by Crippen LogP contribution is -2.05. The zero-order chi connectivity index (χ0) is 10.1. The zero-order valence-electron chi connectivity index (χ0n) is 5.33. The molecule has 0 aliphatic heterocycles. The van der Waals surface area contributed by atoms with Gasteiger partial charge in [-0.3, -0.25) is 0 Å². The van der Waals surface area contributed by atoms with Gasteiger partial charge in [0, 0.05) is 0 Å². The SMILES string of the molecule is O=C(O)O.O=C(O)OOC(=O)O. The molecule has 12 heavy (non-hydrogen) atoms. The van der Waals surface area contributed by atoms with Crippen LogP contribution in [0.3, 0.4) is 0 Å². The summed E-state index contributed by atoms with van der Waals surface area (Å²) in [4.78, 5) is 33.4. The van der Waals surface area contributed by atoms with Crippen LogP contribution in [0.15, 0.2) is 0 Å². The Balaban J connectivity index is 0. The highest BCUT2D eigenvalue weighted by Gasteiger charge is 2.01. The standard InChI is InChI=1S/C2H2O6.CH2O3/c3-1(4)7-8-2(5)6;2-1(3)4/h(H,3,4)(H,5,6);(H2,2,3,4). The number of carboxylic acid groups (broad SMARTS) is 4. The Morgan fingerprint density at radius 1 is 0.750 bits per heavy atom. The van der Waals surface area contributed by atoms with Crippen molar-refractivity contribution in [1.29, 1.82) is 0 Å². The predicted octanol–water partition coefficient (Wildman–Crippen LogP) is 0.513. The fraction of sp³-hybridized carbons (Fsp3) is 0. The van der Waals surface area contributed by atoms with Crippen molar-refractivity contribution in [2.45, 2.75) is 0 Å². The predicted molar refractivity (Wildman–Crippen MR) is 28.9 cm³/mol. The number of carbonyl (C=O) groups is 3. The molecule has 0 rings (SSSR count). The molecule has 0 bridgehead atoms. The topological polar surface area (TPSA) is 151 Å². The van der Waals surface area contributed by atoms with E-state index in [0.717, 1.165) is 0 Å². The van der Waals surface area contributed by atoms with Gasteiger partial charge in [0.15, 0.2) is 0 Å². The molecule has 9 nitrogen and oxygen atoms in total. The first-order valence-electron chi connectivity index (χ1n) is 2.08. The Kier molecular flexibility index (Phi) is 7.20. The quantitative estimate of drug-likeness (QED) is 0.311. The van der Waals surface area contributed by atoms with Gasteiger partial charge in [-0.25, -0.2) is 24.2 Å². The van der Waals surface area contributed by atoms with E-state index in [1.807, 2.05) is 0 Å². The monoisotopic (exact) mass is 184 g/mol. The second-order valence-electron chi connectivity index (χ2n) is 0.981. The zero-order valence-corrected chi connectivity index (χ0v) is 5.33. The summed E-state index contributed by atoms with van der Waals surface area (Å²) in [6, 6.07) is 0. The molecule has 70 valence electrons. The van der Waals surface area contributed by atoms with Crippen molar-refractivity contribution >= 4 is 18.5 Å². The molecule has 0 aromatic rings. The van der Waals surface area contributed by atoms with Gasteiger partial charge in [-0.2, -0.15) is 0 Å². The van der Waals surface area contributed by atoms with Gasteiger partial charge in [-0.05, 0) is 0 Å². The average molecular weight is 184 g/mol. The summed E-state index contributed by atoms with van der Waals surface area (Å²) in [5.74, 6) is 0. The molecule has 0 fully saturated rings. The van der Waals surface area contributed by atoms with Crippen LogP contribution in [0.4, 0.5) is 14.4 Å². The van der Waals surface area contributed by atoms with Crippen molar-refractivity contribution in [3.8, 4) is 0 Å². The molecule has 0 aromatic heterocycles. The molecule has 0 spiro atoms. The van der Waals surface area contributed by atoms with Crippen molar-refractivity contribution in [1.82, 2.24) is 0 Å². The summed E-state index contributed by atoms with van der Waals surface area (Å²) >= 11 is 0. The minimum Gasteiger partial charge on any atom is -0.450 e. The fourth-order valence-corrected chi connectivity index (χ4v) is 0.0713. The van der Waals surface area contributed by atoms with Gasteiger partial charge in [0.05, 0.1) is 0 Å². The summed E-state index contributed by atoms with van der Waals surface area (Å²) in [6.07, 6.45) is -5.43. The Bertz CT molecular complexity index is 153. The lowest BCUT2D eigenvalue weighted by Gasteiger charge is -1.89. The van der Waals surface area contributed by atoms with Gasteiger partial charge in [-0.15, -0.1) is 0 Å². The maximum absolute atomic E-state index is 9.29. The fourth-order valence-electron chi connectivity index (χ4n) is 0.0713. The van der Waals surface area contributed by atoms with E-state index >= 15 is 0 Å². The van der Waals surface area contributed by atoms with E-state index in [4.69, 9.17) is 25.2 Å². The molecule has 9 heteroatoms. The van der Waals surface area contributed by atoms with Crippen LogP contribution in [0.2, 0.25) is 0 Å². The second-order valence-corrected chi connectivity index (χ2v) is 0.981. The van der Waals surface area contributed by atoms with Crippen LogP contribution in [-0.2, 0) is 9.78 Å². The van der Waals surface area contributed by atoms with Crippen LogP contribution in [0.5, 0.6) is 0 Å². The van der Waals surface area contributed by atoms with E-state index in [2.05, 4.69) is 9.78 Å². The molecular weight excluding hydrogens is 180 g/mol. The summed E-state index contributed by atoms with van der Waals surface area (Å²) in [6.45, 7) is 0. The highest BCUT2D eigenvalue weighted by Crippen LogP contribution is 1.78. The largest absolute Gasteiger partial charge is 0.547 e. The van der Waals surface area contributed by atoms with Crippen LogP contribution in [0.1, 0.15) is 0 Å². The smallest absolute Gasteiger partial charge is 0.450 e. The van der Waals surface area contributed by atoms with Crippen LogP contribution < -0.4 is 0 Å². The van der Waals surface area contributed by atoms with E-state index in [0.29, 0.717) is 0 Å².